The standard InChI is InChI=1S/C13H13ClN4S2/c1-3-9-4-10-11(16-13(14)17-12(10)20-9)18(2)5-8-6-19-7-15-8/h4,6-7H,3,5H2,1-2H3. The number of thiazole rings is 1. The van der Waals surface area contributed by atoms with Gasteiger partial charge in [0.15, 0.2) is 0 Å². The zero-order valence-electron chi connectivity index (χ0n) is 11.1. The minimum Gasteiger partial charge on any atom is -0.353 e. The number of nitrogens with zero attached hydrogens (tertiary/aromatic N) is 4. The molecular formula is C13H13ClN4S2. The Morgan fingerprint density at radius 3 is 2.90 bits per heavy atom. The van der Waals surface area contributed by atoms with Crippen LogP contribution in [0.25, 0.3) is 10.2 Å². The van der Waals surface area contributed by atoms with Gasteiger partial charge in [-0.05, 0) is 24.1 Å². The minimum atomic E-state index is 0.294. The van der Waals surface area contributed by atoms with Crippen LogP contribution in [0.2, 0.25) is 5.28 Å². The summed E-state index contributed by atoms with van der Waals surface area (Å²) in [4.78, 5) is 17.3. The average molecular weight is 325 g/mol. The lowest BCUT2D eigenvalue weighted by molar-refractivity contribution is 0.877. The van der Waals surface area contributed by atoms with Crippen LogP contribution >= 0.6 is 34.3 Å². The molecule has 104 valence electrons. The van der Waals surface area contributed by atoms with Crippen LogP contribution in [-0.2, 0) is 13.0 Å². The molecule has 3 rings (SSSR count). The van der Waals surface area contributed by atoms with Crippen LogP contribution in [-0.4, -0.2) is 22.0 Å². The second-order valence-electron chi connectivity index (χ2n) is 4.44. The lowest BCUT2D eigenvalue weighted by Gasteiger charge is -2.17. The van der Waals surface area contributed by atoms with E-state index in [1.807, 2.05) is 17.9 Å². The molecule has 7 heteroatoms. The van der Waals surface area contributed by atoms with E-state index < -0.39 is 0 Å². The van der Waals surface area contributed by atoms with Crippen molar-refractivity contribution < 1.29 is 0 Å². The molecule has 0 spiro atoms. The van der Waals surface area contributed by atoms with Gasteiger partial charge in [0.2, 0.25) is 5.28 Å². The highest BCUT2D eigenvalue weighted by Gasteiger charge is 2.14. The Morgan fingerprint density at radius 1 is 1.35 bits per heavy atom. The van der Waals surface area contributed by atoms with Crippen LogP contribution < -0.4 is 4.90 Å². The Hall–Kier alpha value is -1.24. The summed E-state index contributed by atoms with van der Waals surface area (Å²) < 4.78 is 0. The molecule has 20 heavy (non-hydrogen) atoms. The van der Waals surface area contributed by atoms with E-state index in [2.05, 4.69) is 32.8 Å². The number of hydrogen-bond donors (Lipinski definition) is 0. The number of halogens is 1. The molecule has 0 radical (unpaired) electrons. The highest BCUT2D eigenvalue weighted by molar-refractivity contribution is 7.18. The molecule has 0 N–H and O–H groups in total. The molecule has 4 nitrogen and oxygen atoms in total. The quantitative estimate of drug-likeness (QED) is 0.680. The molecule has 3 heterocycles. The van der Waals surface area contributed by atoms with Gasteiger partial charge < -0.3 is 4.90 Å². The van der Waals surface area contributed by atoms with Crippen molar-refractivity contribution in [2.24, 2.45) is 0 Å². The van der Waals surface area contributed by atoms with Gasteiger partial charge in [-0.2, -0.15) is 4.98 Å². The van der Waals surface area contributed by atoms with E-state index >= 15 is 0 Å². The third kappa shape index (κ3) is 2.63. The van der Waals surface area contributed by atoms with E-state index in [4.69, 9.17) is 11.6 Å². The predicted molar refractivity (Wildman–Crippen MR) is 86.0 cm³/mol. The number of rotatable bonds is 4. The van der Waals surface area contributed by atoms with E-state index in [-0.39, 0.29) is 0 Å². The maximum atomic E-state index is 6.05. The Morgan fingerprint density at radius 2 is 2.20 bits per heavy atom. The molecule has 0 saturated carbocycles. The fourth-order valence-corrected chi connectivity index (χ4v) is 3.76. The van der Waals surface area contributed by atoms with E-state index in [9.17, 15) is 0 Å². The fourth-order valence-electron chi connectivity index (χ4n) is 2.03. The van der Waals surface area contributed by atoms with Gasteiger partial charge in [0.1, 0.15) is 10.6 Å². The molecule has 0 fully saturated rings. The highest BCUT2D eigenvalue weighted by atomic mass is 35.5. The SMILES string of the molecule is CCc1cc2c(N(C)Cc3cscn3)nc(Cl)nc2s1. The van der Waals surface area contributed by atoms with Crippen molar-refractivity contribution >= 4 is 50.3 Å². The molecule has 0 amide bonds. The minimum absolute atomic E-state index is 0.294. The summed E-state index contributed by atoms with van der Waals surface area (Å²) >= 11 is 9.32. The Balaban J connectivity index is 2.02. The summed E-state index contributed by atoms with van der Waals surface area (Å²) in [6, 6.07) is 2.16. The summed E-state index contributed by atoms with van der Waals surface area (Å²) in [5.74, 6) is 0.865. The summed E-state index contributed by atoms with van der Waals surface area (Å²) in [6.07, 6.45) is 0.994. The number of anilines is 1. The van der Waals surface area contributed by atoms with Crippen molar-refractivity contribution in [2.45, 2.75) is 19.9 Å². The first kappa shape index (κ1) is 13.7. The molecule has 0 atom stereocenters. The fraction of sp³-hybridized carbons (Fsp3) is 0.308. The maximum absolute atomic E-state index is 6.05. The van der Waals surface area contributed by atoms with Crippen molar-refractivity contribution in [3.05, 3.63) is 32.8 Å². The summed E-state index contributed by atoms with van der Waals surface area (Å²) in [5, 5.41) is 3.40. The van der Waals surface area contributed by atoms with Gasteiger partial charge >= 0.3 is 0 Å². The first-order valence-electron chi connectivity index (χ1n) is 6.21. The van der Waals surface area contributed by atoms with E-state index in [0.29, 0.717) is 11.8 Å². The first-order valence-corrected chi connectivity index (χ1v) is 8.35. The second-order valence-corrected chi connectivity index (χ2v) is 6.61. The van der Waals surface area contributed by atoms with E-state index in [0.717, 1.165) is 28.1 Å². The smallest absolute Gasteiger partial charge is 0.225 e. The van der Waals surface area contributed by atoms with Crippen molar-refractivity contribution in [1.29, 1.82) is 0 Å². The molecule has 3 aromatic heterocycles. The maximum Gasteiger partial charge on any atom is 0.225 e. The predicted octanol–water partition coefficient (Wildman–Crippen LogP) is 4.00. The number of aryl methyl sites for hydroxylation is 1. The zero-order valence-corrected chi connectivity index (χ0v) is 13.5. The van der Waals surface area contributed by atoms with Crippen molar-refractivity contribution in [2.75, 3.05) is 11.9 Å². The van der Waals surface area contributed by atoms with Crippen LogP contribution in [0.3, 0.4) is 0 Å². The monoisotopic (exact) mass is 324 g/mol. The van der Waals surface area contributed by atoms with Crippen LogP contribution in [0.4, 0.5) is 5.82 Å². The van der Waals surface area contributed by atoms with Crippen LogP contribution in [0.1, 0.15) is 17.5 Å². The number of aromatic nitrogens is 3. The molecule has 0 aliphatic carbocycles. The van der Waals surface area contributed by atoms with E-state index in [1.165, 1.54) is 4.88 Å². The van der Waals surface area contributed by atoms with Gasteiger partial charge in [-0.25, -0.2) is 9.97 Å². The normalized spacial score (nSPS) is 11.2. The molecule has 0 aromatic carbocycles. The van der Waals surface area contributed by atoms with Gasteiger partial charge in [-0.3, -0.25) is 0 Å². The molecule has 0 aliphatic rings. The Kier molecular flexibility index (Phi) is 3.87. The van der Waals surface area contributed by atoms with Crippen molar-refractivity contribution in [3.63, 3.8) is 0 Å². The van der Waals surface area contributed by atoms with Gasteiger partial charge in [-0.15, -0.1) is 22.7 Å². The van der Waals surface area contributed by atoms with Gasteiger partial charge in [0, 0.05) is 17.3 Å². The van der Waals surface area contributed by atoms with Crippen LogP contribution in [0.15, 0.2) is 17.0 Å². The molecule has 0 unspecified atom stereocenters. The number of fused-ring (bicyclic) bond motifs is 1. The Labute approximate surface area is 130 Å². The lowest BCUT2D eigenvalue weighted by Crippen LogP contribution is -2.18. The lowest BCUT2D eigenvalue weighted by atomic mass is 10.3. The summed E-state index contributed by atoms with van der Waals surface area (Å²) in [7, 11) is 2.00. The largest absolute Gasteiger partial charge is 0.353 e. The molecular weight excluding hydrogens is 312 g/mol. The average Bonchev–Trinajstić information content (AvgIpc) is 3.06. The third-order valence-corrected chi connectivity index (χ3v) is 4.97. The molecule has 3 aromatic rings. The van der Waals surface area contributed by atoms with Crippen LogP contribution in [0, 0.1) is 0 Å². The van der Waals surface area contributed by atoms with E-state index in [1.54, 1.807) is 22.7 Å². The summed E-state index contributed by atoms with van der Waals surface area (Å²) in [5.41, 5.74) is 2.87. The summed E-state index contributed by atoms with van der Waals surface area (Å²) in [6.45, 7) is 2.85. The molecule has 0 saturated heterocycles. The van der Waals surface area contributed by atoms with Gasteiger partial charge in [-0.1, -0.05) is 6.92 Å². The van der Waals surface area contributed by atoms with Crippen molar-refractivity contribution in [3.8, 4) is 0 Å². The number of thiophene rings is 1. The van der Waals surface area contributed by atoms with Gasteiger partial charge in [0.25, 0.3) is 0 Å². The first-order chi connectivity index (χ1) is 9.67. The Bertz CT molecular complexity index is 723. The number of hydrogen-bond acceptors (Lipinski definition) is 6. The third-order valence-electron chi connectivity index (χ3n) is 2.99. The van der Waals surface area contributed by atoms with Crippen molar-refractivity contribution in [1.82, 2.24) is 15.0 Å². The topological polar surface area (TPSA) is 41.9 Å². The van der Waals surface area contributed by atoms with Gasteiger partial charge in [0.05, 0.1) is 23.1 Å². The molecule has 0 bridgehead atoms. The van der Waals surface area contributed by atoms with Crippen LogP contribution in [0.5, 0.6) is 0 Å². The molecule has 0 aliphatic heterocycles. The second kappa shape index (κ2) is 5.63. The zero-order chi connectivity index (χ0) is 14.1. The highest BCUT2D eigenvalue weighted by Crippen LogP contribution is 2.32.